The zero-order chi connectivity index (χ0) is 24.2. The highest BCUT2D eigenvalue weighted by Gasteiger charge is 2.32. The first kappa shape index (κ1) is 24.1. The minimum Gasteiger partial charge on any atom is -0.406 e. The number of ether oxygens (including phenoxy) is 1. The van der Waals surface area contributed by atoms with Gasteiger partial charge in [0, 0.05) is 23.6 Å². The third-order valence-electron chi connectivity index (χ3n) is 4.77. The van der Waals surface area contributed by atoms with E-state index >= 15 is 0 Å². The number of alkyl halides is 3. The van der Waals surface area contributed by atoms with Gasteiger partial charge < -0.3 is 9.72 Å². The van der Waals surface area contributed by atoms with Crippen LogP contribution in [0.3, 0.4) is 0 Å². The number of carbonyl (C=O) groups is 1. The fraction of sp³-hybridized carbons (Fsp3) is 0.238. The van der Waals surface area contributed by atoms with Crippen molar-refractivity contribution in [2.75, 3.05) is 6.54 Å². The zero-order valence-corrected chi connectivity index (χ0v) is 18.1. The third kappa shape index (κ3) is 5.82. The summed E-state index contributed by atoms with van der Waals surface area (Å²) in [6.07, 6.45) is -1.61. The van der Waals surface area contributed by atoms with E-state index in [1.165, 1.54) is 0 Å². The second-order valence-electron chi connectivity index (χ2n) is 6.94. The minimum absolute atomic E-state index is 0.0327. The van der Waals surface area contributed by atoms with Crippen LogP contribution in [-0.4, -0.2) is 43.2 Å². The van der Waals surface area contributed by atoms with E-state index in [4.69, 9.17) is 0 Å². The van der Waals surface area contributed by atoms with Crippen LogP contribution in [0.2, 0.25) is 0 Å². The molecular formula is C21H19F3N4O4S. The van der Waals surface area contributed by atoms with Crippen molar-refractivity contribution in [3.05, 3.63) is 60.3 Å². The maximum atomic E-state index is 12.9. The van der Waals surface area contributed by atoms with Gasteiger partial charge in [0.2, 0.25) is 10.0 Å². The molecule has 0 saturated carbocycles. The smallest absolute Gasteiger partial charge is 0.406 e. The molecule has 3 aromatic rings. The maximum absolute atomic E-state index is 12.9. The first-order valence-electron chi connectivity index (χ1n) is 9.68. The number of nitriles is 1. The number of benzene rings is 2. The fourth-order valence-electron chi connectivity index (χ4n) is 3.24. The van der Waals surface area contributed by atoms with E-state index in [9.17, 15) is 31.6 Å². The molecular weight excluding hydrogens is 461 g/mol. The van der Waals surface area contributed by atoms with Crippen molar-refractivity contribution < 1.29 is 31.1 Å². The van der Waals surface area contributed by atoms with E-state index in [1.807, 2.05) is 12.1 Å². The van der Waals surface area contributed by atoms with Gasteiger partial charge in [0.15, 0.2) is 6.19 Å². The molecule has 1 atom stereocenters. The summed E-state index contributed by atoms with van der Waals surface area (Å²) >= 11 is 0. The number of halogens is 3. The molecule has 0 radical (unpaired) electrons. The highest BCUT2D eigenvalue weighted by molar-refractivity contribution is 7.89. The van der Waals surface area contributed by atoms with Crippen LogP contribution < -0.4 is 9.46 Å². The van der Waals surface area contributed by atoms with Gasteiger partial charge >= 0.3 is 6.36 Å². The molecule has 8 nitrogen and oxygen atoms in total. The van der Waals surface area contributed by atoms with Crippen LogP contribution in [0.15, 0.2) is 59.6 Å². The van der Waals surface area contributed by atoms with Gasteiger partial charge in [-0.25, -0.2) is 13.3 Å². The molecule has 12 heteroatoms. The number of sulfonamides is 1. The number of hydrogen-bond acceptors (Lipinski definition) is 5. The van der Waals surface area contributed by atoms with E-state index in [1.54, 1.807) is 31.4 Å². The second-order valence-corrected chi connectivity index (χ2v) is 8.65. The van der Waals surface area contributed by atoms with Crippen LogP contribution in [0.25, 0.3) is 10.9 Å². The van der Waals surface area contributed by atoms with E-state index < -0.39 is 34.1 Å². The molecule has 0 aliphatic carbocycles. The van der Waals surface area contributed by atoms with E-state index in [0.29, 0.717) is 5.56 Å². The molecule has 1 amide bonds. The quantitative estimate of drug-likeness (QED) is 0.379. The largest absolute Gasteiger partial charge is 0.573 e. The Morgan fingerprint density at radius 1 is 1.21 bits per heavy atom. The Kier molecular flexibility index (Phi) is 6.95. The fourth-order valence-corrected chi connectivity index (χ4v) is 4.43. The Morgan fingerprint density at radius 3 is 2.48 bits per heavy atom. The zero-order valence-electron chi connectivity index (χ0n) is 17.3. The van der Waals surface area contributed by atoms with Gasteiger partial charge in [-0.05, 0) is 49.2 Å². The molecule has 33 heavy (non-hydrogen) atoms. The van der Waals surface area contributed by atoms with E-state index in [2.05, 4.69) is 14.4 Å². The number of rotatable bonds is 8. The van der Waals surface area contributed by atoms with Gasteiger partial charge in [0.05, 0.1) is 4.90 Å². The topological polar surface area (TPSA) is 115 Å². The molecule has 1 aromatic heterocycles. The van der Waals surface area contributed by atoms with Crippen LogP contribution in [0, 0.1) is 11.5 Å². The van der Waals surface area contributed by atoms with Crippen molar-refractivity contribution in [2.24, 2.45) is 0 Å². The number of aromatic nitrogens is 1. The monoisotopic (exact) mass is 480 g/mol. The lowest BCUT2D eigenvalue weighted by Crippen LogP contribution is -2.48. The van der Waals surface area contributed by atoms with Gasteiger partial charge in [-0.2, -0.15) is 9.98 Å². The molecule has 3 rings (SSSR count). The van der Waals surface area contributed by atoms with Gasteiger partial charge in [0.25, 0.3) is 5.91 Å². The molecule has 0 bridgehead atoms. The van der Waals surface area contributed by atoms with Crippen molar-refractivity contribution in [3.63, 3.8) is 0 Å². The Labute approximate surface area is 187 Å². The molecule has 1 heterocycles. The minimum atomic E-state index is -4.92. The van der Waals surface area contributed by atoms with Crippen LogP contribution in [0.1, 0.15) is 12.5 Å². The first-order chi connectivity index (χ1) is 15.5. The molecule has 0 saturated heterocycles. The average Bonchev–Trinajstić information content (AvgIpc) is 3.16. The molecule has 2 aromatic carbocycles. The van der Waals surface area contributed by atoms with Gasteiger partial charge in [-0.15, -0.1) is 13.2 Å². The number of likely N-dealkylation sites (N-methyl/N-ethyl adjacent to an activating group) is 1. The van der Waals surface area contributed by atoms with Crippen molar-refractivity contribution in [1.29, 1.82) is 5.26 Å². The molecule has 0 aliphatic rings. The number of fused-ring (bicyclic) bond motifs is 1. The Hall–Kier alpha value is -3.56. The Morgan fingerprint density at radius 2 is 1.88 bits per heavy atom. The lowest BCUT2D eigenvalue weighted by Gasteiger charge is -2.21. The van der Waals surface area contributed by atoms with E-state index in [0.717, 1.165) is 40.1 Å². The molecule has 0 aliphatic heterocycles. The maximum Gasteiger partial charge on any atom is 0.573 e. The van der Waals surface area contributed by atoms with Crippen LogP contribution >= 0.6 is 0 Å². The standard InChI is InChI=1S/C21H19F3N4O4S/c1-2-28(13-25)20(29)19(11-14-12-26-18-6-4-3-5-17(14)18)27-33(30,31)16-9-7-15(8-10-16)32-21(22,23)24/h3-10,12,19,26-27H,2,11H2,1H3. The highest BCUT2D eigenvalue weighted by Crippen LogP contribution is 2.25. The summed E-state index contributed by atoms with van der Waals surface area (Å²) < 4.78 is 68.9. The second kappa shape index (κ2) is 9.51. The summed E-state index contributed by atoms with van der Waals surface area (Å²) in [6.45, 7) is 1.60. The van der Waals surface area contributed by atoms with E-state index in [-0.39, 0.29) is 17.9 Å². The number of aromatic amines is 1. The summed E-state index contributed by atoms with van der Waals surface area (Å²) in [5.41, 5.74) is 1.43. The SMILES string of the molecule is CCN(C#N)C(=O)C(Cc1c[nH]c2ccccc12)NS(=O)(=O)c1ccc(OC(F)(F)F)cc1. The number of H-pyrrole nitrogens is 1. The van der Waals surface area contributed by atoms with Gasteiger partial charge in [0.1, 0.15) is 11.8 Å². The summed E-state index contributed by atoms with van der Waals surface area (Å²) in [4.78, 5) is 16.4. The van der Waals surface area contributed by atoms with Crippen LogP contribution in [0.5, 0.6) is 5.75 Å². The summed E-state index contributed by atoms with van der Waals surface area (Å²) in [5, 5.41) is 10.0. The normalized spacial score (nSPS) is 12.8. The number of para-hydroxylation sites is 1. The van der Waals surface area contributed by atoms with Crippen molar-refractivity contribution in [2.45, 2.75) is 30.6 Å². The predicted octanol–water partition coefficient (Wildman–Crippen LogP) is 3.29. The molecule has 0 spiro atoms. The number of amides is 1. The van der Waals surface area contributed by atoms with Crippen LogP contribution in [-0.2, 0) is 21.2 Å². The van der Waals surface area contributed by atoms with Crippen molar-refractivity contribution in [3.8, 4) is 11.9 Å². The lowest BCUT2D eigenvalue weighted by molar-refractivity contribution is -0.274. The summed E-state index contributed by atoms with van der Waals surface area (Å²) in [5.74, 6) is -1.35. The molecule has 0 fully saturated rings. The van der Waals surface area contributed by atoms with Crippen molar-refractivity contribution >= 4 is 26.8 Å². The van der Waals surface area contributed by atoms with Gasteiger partial charge in [-0.1, -0.05) is 18.2 Å². The predicted molar refractivity (Wildman–Crippen MR) is 112 cm³/mol. The van der Waals surface area contributed by atoms with Crippen molar-refractivity contribution in [1.82, 2.24) is 14.6 Å². The number of nitrogens with zero attached hydrogens (tertiary/aromatic N) is 2. The average molecular weight is 480 g/mol. The van der Waals surface area contributed by atoms with Gasteiger partial charge in [-0.3, -0.25) is 4.79 Å². The molecule has 174 valence electrons. The Balaban J connectivity index is 1.90. The molecule has 1 unspecified atom stereocenters. The summed E-state index contributed by atoms with van der Waals surface area (Å²) in [7, 11) is -4.33. The number of nitrogens with one attached hydrogen (secondary N) is 2. The molecule has 2 N–H and O–H groups in total. The highest BCUT2D eigenvalue weighted by atomic mass is 32.2. The summed E-state index contributed by atoms with van der Waals surface area (Å²) in [6, 6.07) is 9.46. The number of hydrogen-bond donors (Lipinski definition) is 2. The van der Waals surface area contributed by atoms with Crippen LogP contribution in [0.4, 0.5) is 13.2 Å². The Bertz CT molecular complexity index is 1280. The number of carbonyl (C=O) groups excluding carboxylic acids is 1. The third-order valence-corrected chi connectivity index (χ3v) is 6.25. The lowest BCUT2D eigenvalue weighted by atomic mass is 10.0. The first-order valence-corrected chi connectivity index (χ1v) is 11.2.